The van der Waals surface area contributed by atoms with Crippen LogP contribution in [0.1, 0.15) is 34.7 Å². The zero-order valence-electron chi connectivity index (χ0n) is 14.1. The number of hydrogen-bond donors (Lipinski definition) is 1. The molecule has 2 aromatic carbocycles. The van der Waals surface area contributed by atoms with Crippen LogP contribution in [-0.2, 0) is 16.4 Å². The fourth-order valence-corrected chi connectivity index (χ4v) is 3.47. The van der Waals surface area contributed by atoms with Crippen LogP contribution in [0.2, 0.25) is 0 Å². The van der Waals surface area contributed by atoms with Crippen LogP contribution < -0.4 is 4.72 Å². The SMILES string of the molecule is CCc1ccc(NS(=O)(=O)C=Cc2c(C)cc(C)cc2C)cc1. The zero-order valence-corrected chi connectivity index (χ0v) is 14.9. The Labute approximate surface area is 139 Å². The Bertz CT molecular complexity index is 796. The normalized spacial score (nSPS) is 11.8. The lowest BCUT2D eigenvalue weighted by Gasteiger charge is -2.08. The van der Waals surface area contributed by atoms with Gasteiger partial charge in [0.05, 0.1) is 5.41 Å². The van der Waals surface area contributed by atoms with Crippen molar-refractivity contribution in [2.45, 2.75) is 34.1 Å². The molecule has 0 spiro atoms. The number of anilines is 1. The second kappa shape index (κ2) is 7.01. The van der Waals surface area contributed by atoms with Crippen LogP contribution in [0.5, 0.6) is 0 Å². The fourth-order valence-electron chi connectivity index (χ4n) is 2.62. The van der Waals surface area contributed by atoms with E-state index in [9.17, 15) is 8.42 Å². The molecule has 0 amide bonds. The van der Waals surface area contributed by atoms with E-state index in [2.05, 4.69) is 23.8 Å². The molecule has 122 valence electrons. The third-order valence-corrected chi connectivity index (χ3v) is 4.79. The Hall–Kier alpha value is -2.07. The van der Waals surface area contributed by atoms with Crippen LogP contribution in [0.15, 0.2) is 41.8 Å². The number of nitrogens with one attached hydrogen (secondary N) is 1. The highest BCUT2D eigenvalue weighted by atomic mass is 32.2. The monoisotopic (exact) mass is 329 g/mol. The first-order valence-electron chi connectivity index (χ1n) is 7.68. The van der Waals surface area contributed by atoms with Crippen molar-refractivity contribution in [1.29, 1.82) is 0 Å². The van der Waals surface area contributed by atoms with E-state index in [-0.39, 0.29) is 0 Å². The Morgan fingerprint density at radius 1 is 1.00 bits per heavy atom. The maximum Gasteiger partial charge on any atom is 0.255 e. The molecule has 0 heterocycles. The standard InChI is InChI=1S/C19H23NO2S/c1-5-17-6-8-18(9-7-17)20-23(21,22)11-10-19-15(3)12-14(2)13-16(19)4/h6-13,20H,5H2,1-4H3. The second-order valence-electron chi connectivity index (χ2n) is 5.81. The smallest absolute Gasteiger partial charge is 0.255 e. The van der Waals surface area contributed by atoms with Gasteiger partial charge in [-0.2, -0.15) is 0 Å². The van der Waals surface area contributed by atoms with Gasteiger partial charge < -0.3 is 0 Å². The molecular formula is C19H23NO2S. The molecule has 0 bridgehead atoms. The summed E-state index contributed by atoms with van der Waals surface area (Å²) in [4.78, 5) is 0. The Balaban J connectivity index is 2.20. The van der Waals surface area contributed by atoms with Gasteiger partial charge in [0, 0.05) is 5.69 Å². The lowest BCUT2D eigenvalue weighted by atomic mass is 10.0. The molecule has 0 fully saturated rings. The first-order valence-corrected chi connectivity index (χ1v) is 9.23. The van der Waals surface area contributed by atoms with Crippen molar-refractivity contribution in [3.8, 4) is 0 Å². The lowest BCUT2D eigenvalue weighted by molar-refractivity contribution is 0.609. The third-order valence-electron chi connectivity index (χ3n) is 3.77. The quantitative estimate of drug-likeness (QED) is 0.872. The zero-order chi connectivity index (χ0) is 17.0. The summed E-state index contributed by atoms with van der Waals surface area (Å²) in [6.07, 6.45) is 2.59. The molecule has 23 heavy (non-hydrogen) atoms. The topological polar surface area (TPSA) is 46.2 Å². The van der Waals surface area contributed by atoms with Gasteiger partial charge in [-0.1, -0.05) is 36.8 Å². The summed E-state index contributed by atoms with van der Waals surface area (Å²) in [6, 6.07) is 11.5. The molecule has 1 N–H and O–H groups in total. The Morgan fingerprint density at radius 2 is 1.57 bits per heavy atom. The first-order chi connectivity index (χ1) is 10.8. The summed E-state index contributed by atoms with van der Waals surface area (Å²) in [7, 11) is -3.53. The van der Waals surface area contributed by atoms with E-state index in [1.165, 1.54) is 16.5 Å². The van der Waals surface area contributed by atoms with E-state index < -0.39 is 10.0 Å². The van der Waals surface area contributed by atoms with Crippen molar-refractivity contribution in [3.63, 3.8) is 0 Å². The van der Waals surface area contributed by atoms with Crippen molar-refractivity contribution in [3.05, 3.63) is 69.6 Å². The highest BCUT2D eigenvalue weighted by molar-refractivity contribution is 7.95. The summed E-state index contributed by atoms with van der Waals surface area (Å²) >= 11 is 0. The summed E-state index contributed by atoms with van der Waals surface area (Å²) < 4.78 is 27.0. The molecule has 3 nitrogen and oxygen atoms in total. The van der Waals surface area contributed by atoms with Gasteiger partial charge in [0.15, 0.2) is 0 Å². The fraction of sp³-hybridized carbons (Fsp3) is 0.263. The van der Waals surface area contributed by atoms with Crippen LogP contribution in [0.25, 0.3) is 6.08 Å². The minimum Gasteiger partial charge on any atom is -0.280 e. The number of benzene rings is 2. The van der Waals surface area contributed by atoms with Gasteiger partial charge in [-0.3, -0.25) is 4.72 Å². The molecule has 0 aromatic heterocycles. The molecule has 0 atom stereocenters. The summed E-state index contributed by atoms with van der Waals surface area (Å²) in [5.74, 6) is 0. The number of aryl methyl sites for hydroxylation is 4. The van der Waals surface area contributed by atoms with Crippen LogP contribution in [-0.4, -0.2) is 8.42 Å². The van der Waals surface area contributed by atoms with Gasteiger partial charge in [0.1, 0.15) is 0 Å². The van der Waals surface area contributed by atoms with E-state index in [0.29, 0.717) is 5.69 Å². The van der Waals surface area contributed by atoms with Gasteiger partial charge in [-0.15, -0.1) is 0 Å². The third kappa shape index (κ3) is 4.70. The number of sulfonamides is 1. The lowest BCUT2D eigenvalue weighted by Crippen LogP contribution is -2.08. The minimum atomic E-state index is -3.53. The van der Waals surface area contributed by atoms with Crippen molar-refractivity contribution in [2.24, 2.45) is 0 Å². The summed E-state index contributed by atoms with van der Waals surface area (Å²) in [5, 5.41) is 1.23. The summed E-state index contributed by atoms with van der Waals surface area (Å²) in [6.45, 7) is 8.08. The van der Waals surface area contributed by atoms with Gasteiger partial charge >= 0.3 is 0 Å². The molecule has 0 unspecified atom stereocenters. The Morgan fingerprint density at radius 3 is 2.09 bits per heavy atom. The molecular weight excluding hydrogens is 306 g/mol. The molecule has 0 radical (unpaired) electrons. The van der Waals surface area contributed by atoms with E-state index >= 15 is 0 Å². The minimum absolute atomic E-state index is 0.573. The molecule has 0 saturated carbocycles. The van der Waals surface area contributed by atoms with Crippen LogP contribution in [0, 0.1) is 20.8 Å². The van der Waals surface area contributed by atoms with Gasteiger partial charge in [0.2, 0.25) is 0 Å². The van der Waals surface area contributed by atoms with Crippen LogP contribution in [0.3, 0.4) is 0 Å². The average molecular weight is 329 g/mol. The van der Waals surface area contributed by atoms with Crippen molar-refractivity contribution in [2.75, 3.05) is 4.72 Å². The largest absolute Gasteiger partial charge is 0.280 e. The Kier molecular flexibility index (Phi) is 5.26. The highest BCUT2D eigenvalue weighted by Crippen LogP contribution is 2.19. The number of hydrogen-bond acceptors (Lipinski definition) is 2. The van der Waals surface area contributed by atoms with Crippen molar-refractivity contribution in [1.82, 2.24) is 0 Å². The molecule has 0 aliphatic rings. The van der Waals surface area contributed by atoms with E-state index in [1.807, 2.05) is 32.9 Å². The molecule has 4 heteroatoms. The highest BCUT2D eigenvalue weighted by Gasteiger charge is 2.07. The van der Waals surface area contributed by atoms with Gasteiger partial charge in [0.25, 0.3) is 10.0 Å². The van der Waals surface area contributed by atoms with E-state index in [0.717, 1.165) is 23.1 Å². The maximum absolute atomic E-state index is 12.2. The van der Waals surface area contributed by atoms with Gasteiger partial charge in [-0.05, 0) is 67.7 Å². The van der Waals surface area contributed by atoms with E-state index in [4.69, 9.17) is 0 Å². The molecule has 2 aromatic rings. The summed E-state index contributed by atoms with van der Waals surface area (Å²) in [5.41, 5.74) is 6.01. The van der Waals surface area contributed by atoms with Crippen molar-refractivity contribution >= 4 is 21.8 Å². The predicted molar refractivity (Wildman–Crippen MR) is 98.0 cm³/mol. The van der Waals surface area contributed by atoms with Gasteiger partial charge in [-0.25, -0.2) is 8.42 Å². The molecule has 0 aliphatic carbocycles. The molecule has 0 saturated heterocycles. The molecule has 0 aliphatic heterocycles. The van der Waals surface area contributed by atoms with E-state index in [1.54, 1.807) is 18.2 Å². The van der Waals surface area contributed by atoms with Crippen LogP contribution in [0.4, 0.5) is 5.69 Å². The number of rotatable bonds is 5. The predicted octanol–water partition coefficient (Wildman–Crippen LogP) is 4.59. The maximum atomic E-state index is 12.2. The molecule has 2 rings (SSSR count). The van der Waals surface area contributed by atoms with Crippen molar-refractivity contribution < 1.29 is 8.42 Å². The average Bonchev–Trinajstić information content (AvgIpc) is 2.46. The second-order valence-corrected chi connectivity index (χ2v) is 7.38. The first kappa shape index (κ1) is 17.3. The van der Waals surface area contributed by atoms with Crippen LogP contribution >= 0.6 is 0 Å².